The van der Waals surface area contributed by atoms with Gasteiger partial charge in [0.1, 0.15) is 11.4 Å². The van der Waals surface area contributed by atoms with E-state index in [1.165, 1.54) is 6.07 Å². The van der Waals surface area contributed by atoms with Gasteiger partial charge in [0.25, 0.3) is 0 Å². The second-order valence-corrected chi connectivity index (χ2v) is 9.43. The topological polar surface area (TPSA) is 100 Å². The summed E-state index contributed by atoms with van der Waals surface area (Å²) in [7, 11) is 0. The first kappa shape index (κ1) is 24.9. The molecule has 37 heavy (non-hydrogen) atoms. The summed E-state index contributed by atoms with van der Waals surface area (Å²) in [6.45, 7) is 5.76. The largest absolute Gasteiger partial charge is 0.453 e. The Balaban J connectivity index is 1.20. The van der Waals surface area contributed by atoms with Crippen LogP contribution >= 0.6 is 0 Å². The minimum absolute atomic E-state index is 0.0165. The standard InChI is InChI=1S/C28H31FN6O2/c1-19-17-33-27-26(19)25(7-9-32-27)37-24-6-5-20(15-23(24)29)14-21(16-30)28(36)35-12-10-34(11-13-35)18-22-4-2-3-8-31-22/h2-9,15,17,21H,10-14,16,18,30H2,1H3,(H,32,33). The zero-order valence-corrected chi connectivity index (χ0v) is 20.9. The van der Waals surface area contributed by atoms with Gasteiger partial charge in [-0.2, -0.15) is 0 Å². The quantitative estimate of drug-likeness (QED) is 0.382. The molecule has 0 spiro atoms. The number of aryl methyl sites for hydroxylation is 1. The van der Waals surface area contributed by atoms with Crippen LogP contribution in [0.25, 0.3) is 11.0 Å². The van der Waals surface area contributed by atoms with E-state index in [1.807, 2.05) is 36.2 Å². The van der Waals surface area contributed by atoms with E-state index in [2.05, 4.69) is 19.9 Å². The lowest BCUT2D eigenvalue weighted by atomic mass is 9.97. The molecule has 3 aromatic heterocycles. The average molecular weight is 503 g/mol. The van der Waals surface area contributed by atoms with Gasteiger partial charge in [-0.25, -0.2) is 9.37 Å². The van der Waals surface area contributed by atoms with Crippen LogP contribution in [0.3, 0.4) is 0 Å². The van der Waals surface area contributed by atoms with E-state index in [9.17, 15) is 4.79 Å². The number of halogens is 1. The van der Waals surface area contributed by atoms with E-state index < -0.39 is 11.7 Å². The Morgan fingerprint density at radius 2 is 1.95 bits per heavy atom. The van der Waals surface area contributed by atoms with E-state index in [-0.39, 0.29) is 18.2 Å². The molecule has 0 radical (unpaired) electrons. The van der Waals surface area contributed by atoms with Gasteiger partial charge in [0.05, 0.1) is 17.0 Å². The van der Waals surface area contributed by atoms with Gasteiger partial charge in [-0.1, -0.05) is 12.1 Å². The van der Waals surface area contributed by atoms with Gasteiger partial charge >= 0.3 is 0 Å². The van der Waals surface area contributed by atoms with Gasteiger partial charge in [0, 0.05) is 57.9 Å². The summed E-state index contributed by atoms with van der Waals surface area (Å²) in [5.41, 5.74) is 9.38. The number of amides is 1. The van der Waals surface area contributed by atoms with Crippen LogP contribution in [0.1, 0.15) is 16.8 Å². The van der Waals surface area contributed by atoms with E-state index in [0.717, 1.165) is 36.3 Å². The molecule has 0 aliphatic carbocycles. The number of pyridine rings is 2. The monoisotopic (exact) mass is 502 g/mol. The molecule has 1 saturated heterocycles. The number of nitrogens with two attached hydrogens (primary N) is 1. The molecule has 0 bridgehead atoms. The van der Waals surface area contributed by atoms with Crippen molar-refractivity contribution in [2.24, 2.45) is 11.7 Å². The van der Waals surface area contributed by atoms with Gasteiger partial charge in [-0.15, -0.1) is 0 Å². The lowest BCUT2D eigenvalue weighted by molar-refractivity contribution is -0.137. The molecule has 1 aliphatic heterocycles. The molecule has 4 heterocycles. The molecular weight excluding hydrogens is 471 g/mol. The Morgan fingerprint density at radius 1 is 1.11 bits per heavy atom. The molecule has 1 fully saturated rings. The van der Waals surface area contributed by atoms with Crippen LogP contribution in [0.15, 0.2) is 61.1 Å². The van der Waals surface area contributed by atoms with E-state index in [1.54, 1.807) is 30.6 Å². The van der Waals surface area contributed by atoms with Crippen molar-refractivity contribution in [2.75, 3.05) is 32.7 Å². The molecule has 1 aliphatic rings. The predicted octanol–water partition coefficient (Wildman–Crippen LogP) is 3.66. The first-order chi connectivity index (χ1) is 18.0. The molecule has 1 aromatic carbocycles. The first-order valence-corrected chi connectivity index (χ1v) is 12.5. The number of nitrogens with zero attached hydrogens (tertiary/aromatic N) is 4. The highest BCUT2D eigenvalue weighted by Gasteiger charge is 2.27. The van der Waals surface area contributed by atoms with Crippen molar-refractivity contribution >= 4 is 16.9 Å². The number of rotatable bonds is 8. The summed E-state index contributed by atoms with van der Waals surface area (Å²) in [4.78, 5) is 29.1. The molecule has 192 valence electrons. The Kier molecular flexibility index (Phi) is 7.43. The number of nitrogens with one attached hydrogen (secondary N) is 1. The summed E-state index contributed by atoms with van der Waals surface area (Å²) in [5, 5.41) is 0.819. The number of hydrogen-bond acceptors (Lipinski definition) is 6. The molecule has 3 N–H and O–H groups in total. The van der Waals surface area contributed by atoms with Crippen molar-refractivity contribution in [3.05, 3.63) is 83.7 Å². The smallest absolute Gasteiger partial charge is 0.227 e. The van der Waals surface area contributed by atoms with E-state index >= 15 is 4.39 Å². The molecule has 5 rings (SSSR count). The van der Waals surface area contributed by atoms with Crippen molar-refractivity contribution in [3.8, 4) is 11.5 Å². The van der Waals surface area contributed by atoms with Crippen molar-refractivity contribution in [3.63, 3.8) is 0 Å². The highest BCUT2D eigenvalue weighted by Crippen LogP contribution is 2.32. The van der Waals surface area contributed by atoms with E-state index in [0.29, 0.717) is 36.5 Å². The average Bonchev–Trinajstić information content (AvgIpc) is 3.31. The van der Waals surface area contributed by atoms with Crippen LogP contribution < -0.4 is 10.5 Å². The fourth-order valence-electron chi connectivity index (χ4n) is 4.80. The number of hydrogen-bond donors (Lipinski definition) is 2. The molecule has 1 atom stereocenters. The maximum Gasteiger partial charge on any atom is 0.227 e. The van der Waals surface area contributed by atoms with Crippen molar-refractivity contribution in [1.29, 1.82) is 0 Å². The van der Waals surface area contributed by atoms with Crippen LogP contribution in [-0.2, 0) is 17.8 Å². The molecular formula is C28H31FN6O2. The fourth-order valence-corrected chi connectivity index (χ4v) is 4.80. The van der Waals surface area contributed by atoms with Crippen molar-refractivity contribution in [2.45, 2.75) is 19.9 Å². The van der Waals surface area contributed by atoms with Gasteiger partial charge in [-0.05, 0) is 54.8 Å². The highest BCUT2D eigenvalue weighted by atomic mass is 19.1. The molecule has 1 unspecified atom stereocenters. The molecule has 8 nitrogen and oxygen atoms in total. The zero-order chi connectivity index (χ0) is 25.8. The first-order valence-electron chi connectivity index (χ1n) is 12.5. The fraction of sp³-hybridized carbons (Fsp3) is 0.321. The number of fused-ring (bicyclic) bond motifs is 1. The second kappa shape index (κ2) is 11.1. The SMILES string of the molecule is Cc1c[nH]c2nccc(Oc3ccc(CC(CN)C(=O)N4CCN(Cc5ccccn5)CC4)cc3F)c12. The summed E-state index contributed by atoms with van der Waals surface area (Å²) in [6.07, 6.45) is 5.63. The third-order valence-electron chi connectivity index (χ3n) is 6.86. The second-order valence-electron chi connectivity index (χ2n) is 9.43. The van der Waals surface area contributed by atoms with Crippen molar-refractivity contribution < 1.29 is 13.9 Å². The van der Waals surface area contributed by atoms with Crippen molar-refractivity contribution in [1.82, 2.24) is 24.8 Å². The van der Waals surface area contributed by atoms with Crippen LogP contribution in [-0.4, -0.2) is 63.4 Å². The molecule has 9 heteroatoms. The maximum atomic E-state index is 15.0. The predicted molar refractivity (Wildman–Crippen MR) is 140 cm³/mol. The number of carbonyl (C=O) groups excluding carboxylic acids is 1. The third kappa shape index (κ3) is 5.63. The Bertz CT molecular complexity index is 1370. The molecule has 0 saturated carbocycles. The van der Waals surface area contributed by atoms with Gasteiger partial charge in [0.2, 0.25) is 5.91 Å². The maximum absolute atomic E-state index is 15.0. The minimum Gasteiger partial charge on any atom is -0.453 e. The minimum atomic E-state index is -0.484. The van der Waals surface area contributed by atoms with Crippen LogP contribution in [0.4, 0.5) is 4.39 Å². The zero-order valence-electron chi connectivity index (χ0n) is 20.9. The summed E-state index contributed by atoms with van der Waals surface area (Å²) in [5.74, 6) is -0.218. The number of carbonyl (C=O) groups is 1. The van der Waals surface area contributed by atoms with Crippen LogP contribution in [0, 0.1) is 18.7 Å². The van der Waals surface area contributed by atoms with Gasteiger partial charge < -0.3 is 20.4 Å². The molecule has 1 amide bonds. The number of aromatic nitrogens is 3. The highest BCUT2D eigenvalue weighted by molar-refractivity contribution is 5.86. The number of benzene rings is 1. The third-order valence-corrected chi connectivity index (χ3v) is 6.86. The van der Waals surface area contributed by atoms with Gasteiger partial charge in [0.15, 0.2) is 11.6 Å². The summed E-state index contributed by atoms with van der Waals surface area (Å²) >= 11 is 0. The van der Waals surface area contributed by atoms with Crippen LogP contribution in [0.2, 0.25) is 0 Å². The number of H-pyrrole nitrogens is 1. The Hall–Kier alpha value is -3.82. The number of ether oxygens (including phenoxy) is 1. The Labute approximate surface area is 215 Å². The molecule has 4 aromatic rings. The number of aromatic amines is 1. The van der Waals surface area contributed by atoms with E-state index in [4.69, 9.17) is 10.5 Å². The lowest BCUT2D eigenvalue weighted by Crippen LogP contribution is -2.51. The summed E-state index contributed by atoms with van der Waals surface area (Å²) in [6, 6.07) is 12.4. The Morgan fingerprint density at radius 3 is 2.68 bits per heavy atom. The normalized spacial score (nSPS) is 15.2. The summed E-state index contributed by atoms with van der Waals surface area (Å²) < 4.78 is 20.9. The van der Waals surface area contributed by atoms with Gasteiger partial charge in [-0.3, -0.25) is 14.7 Å². The lowest BCUT2D eigenvalue weighted by Gasteiger charge is -2.36. The van der Waals surface area contributed by atoms with Crippen LogP contribution in [0.5, 0.6) is 11.5 Å². The number of piperazine rings is 1.